The number of aliphatic carboxylic acids is 2. The third kappa shape index (κ3) is 6.07. The highest BCUT2D eigenvalue weighted by Gasteiger charge is 2.27. The van der Waals surface area contributed by atoms with E-state index in [1.54, 1.807) is 0 Å². The molecule has 2 aliphatic rings. The van der Waals surface area contributed by atoms with E-state index in [4.69, 9.17) is 19.8 Å². The van der Waals surface area contributed by atoms with E-state index in [2.05, 4.69) is 29.8 Å². The van der Waals surface area contributed by atoms with Crippen molar-refractivity contribution in [1.82, 2.24) is 9.88 Å². The van der Waals surface area contributed by atoms with Crippen LogP contribution >= 0.6 is 0 Å². The Morgan fingerprint density at radius 3 is 2.21 bits per heavy atom. The molecule has 9 heteroatoms. The highest BCUT2D eigenvalue weighted by atomic mass is 32.2. The van der Waals surface area contributed by atoms with Gasteiger partial charge in [-0.25, -0.2) is 18.0 Å². The Bertz CT molecular complexity index is 797. The van der Waals surface area contributed by atoms with Crippen LogP contribution in [0.4, 0.5) is 0 Å². The van der Waals surface area contributed by atoms with Gasteiger partial charge in [-0.15, -0.1) is 0 Å². The topological polar surface area (TPSA) is 126 Å². The highest BCUT2D eigenvalue weighted by molar-refractivity contribution is 7.91. The van der Waals surface area contributed by atoms with E-state index in [0.717, 1.165) is 13.0 Å². The number of aryl methyl sites for hydroxylation is 1. The van der Waals surface area contributed by atoms with E-state index in [0.29, 0.717) is 17.5 Å². The predicted octanol–water partition coefficient (Wildman–Crippen LogP) is 2.04. The Balaban J connectivity index is 0.000000409. The van der Waals surface area contributed by atoms with E-state index in [-0.39, 0.29) is 6.04 Å². The van der Waals surface area contributed by atoms with E-state index in [9.17, 15) is 8.42 Å². The second-order valence-electron chi connectivity index (χ2n) is 7.65. The van der Waals surface area contributed by atoms with Crippen LogP contribution in [0.5, 0.6) is 0 Å². The number of carboxylic acids is 2. The maximum absolute atomic E-state index is 11.5. The first-order chi connectivity index (χ1) is 13.1. The van der Waals surface area contributed by atoms with E-state index >= 15 is 0 Å². The summed E-state index contributed by atoms with van der Waals surface area (Å²) in [6.07, 6.45) is 7.41. The molecule has 2 heterocycles. The smallest absolute Gasteiger partial charge is 0.414 e. The fourth-order valence-electron chi connectivity index (χ4n) is 4.14. The summed E-state index contributed by atoms with van der Waals surface area (Å²) in [5.74, 6) is -3.01. The maximum Gasteiger partial charge on any atom is 0.414 e. The van der Waals surface area contributed by atoms with Gasteiger partial charge in [-0.3, -0.25) is 0 Å². The van der Waals surface area contributed by atoms with Gasteiger partial charge in [-0.1, -0.05) is 19.3 Å². The van der Waals surface area contributed by atoms with Crippen molar-refractivity contribution < 1.29 is 28.2 Å². The van der Waals surface area contributed by atoms with Crippen LogP contribution < -0.4 is 5.32 Å². The second kappa shape index (κ2) is 9.56. The van der Waals surface area contributed by atoms with E-state index < -0.39 is 21.8 Å². The summed E-state index contributed by atoms with van der Waals surface area (Å²) in [5.41, 5.74) is 4.03. The van der Waals surface area contributed by atoms with Gasteiger partial charge in [0.1, 0.15) is 0 Å². The molecule has 0 spiro atoms. The first-order valence-electron chi connectivity index (χ1n) is 9.68. The largest absolute Gasteiger partial charge is 0.473 e. The lowest BCUT2D eigenvalue weighted by molar-refractivity contribution is -0.159. The molecule has 1 aromatic rings. The van der Waals surface area contributed by atoms with Crippen molar-refractivity contribution in [3.63, 3.8) is 0 Å². The van der Waals surface area contributed by atoms with Crippen molar-refractivity contribution in [3.05, 3.63) is 23.0 Å². The molecule has 1 saturated carbocycles. The van der Waals surface area contributed by atoms with Crippen LogP contribution in [-0.2, 0) is 26.0 Å². The molecule has 0 radical (unpaired) electrons. The quantitative estimate of drug-likeness (QED) is 0.644. The Kier molecular flexibility index (Phi) is 7.65. The van der Waals surface area contributed by atoms with Crippen molar-refractivity contribution in [3.8, 4) is 0 Å². The standard InChI is InChI=1S/C17H28N2O2S.C2H2O4/c1-13-10-15(11-18-16-8-9-22(20,21)12-16)14(2)19(13)17-6-4-3-5-7-17;3-1(4)2(5)6/h10,16-18H,3-9,11-12H2,1-2H3;(H,3,4)(H,5,6). The van der Waals surface area contributed by atoms with Gasteiger partial charge in [-0.2, -0.15) is 0 Å². The number of nitrogens with one attached hydrogen (secondary N) is 1. The fourth-order valence-corrected chi connectivity index (χ4v) is 5.84. The van der Waals surface area contributed by atoms with Crippen LogP contribution in [0.1, 0.15) is 61.5 Å². The molecule has 1 unspecified atom stereocenters. The van der Waals surface area contributed by atoms with Gasteiger partial charge in [-0.05, 0) is 44.7 Å². The molecule has 158 valence electrons. The molecule has 8 nitrogen and oxygen atoms in total. The van der Waals surface area contributed by atoms with Gasteiger partial charge in [0.05, 0.1) is 11.5 Å². The summed E-state index contributed by atoms with van der Waals surface area (Å²) in [6, 6.07) is 3.07. The molecule has 1 aliphatic carbocycles. The van der Waals surface area contributed by atoms with Gasteiger partial charge in [0.25, 0.3) is 0 Å². The monoisotopic (exact) mass is 414 g/mol. The molecule has 3 N–H and O–H groups in total. The van der Waals surface area contributed by atoms with Gasteiger partial charge >= 0.3 is 11.9 Å². The summed E-state index contributed by atoms with van der Waals surface area (Å²) < 4.78 is 25.6. The lowest BCUT2D eigenvalue weighted by Gasteiger charge is -2.26. The molecular formula is C19H30N2O6S. The number of rotatable bonds is 4. The number of sulfone groups is 1. The van der Waals surface area contributed by atoms with Crippen LogP contribution in [-0.4, -0.2) is 52.7 Å². The summed E-state index contributed by atoms with van der Waals surface area (Å²) in [5, 5.41) is 18.2. The number of carboxylic acid groups (broad SMARTS) is 2. The maximum atomic E-state index is 11.5. The highest BCUT2D eigenvalue weighted by Crippen LogP contribution is 2.32. The fraction of sp³-hybridized carbons (Fsp3) is 0.684. The van der Waals surface area contributed by atoms with Crippen LogP contribution in [0, 0.1) is 13.8 Å². The average molecular weight is 415 g/mol. The number of hydrogen-bond acceptors (Lipinski definition) is 5. The normalized spacial score (nSPS) is 21.7. The number of hydrogen-bond donors (Lipinski definition) is 3. The van der Waals surface area contributed by atoms with Crippen LogP contribution in [0.25, 0.3) is 0 Å². The first kappa shape index (κ1) is 22.4. The van der Waals surface area contributed by atoms with Crippen molar-refractivity contribution in [1.29, 1.82) is 0 Å². The first-order valence-corrected chi connectivity index (χ1v) is 11.5. The van der Waals surface area contributed by atoms with Crippen molar-refractivity contribution >= 4 is 21.8 Å². The van der Waals surface area contributed by atoms with Gasteiger partial charge in [0.15, 0.2) is 9.84 Å². The summed E-state index contributed by atoms with van der Waals surface area (Å²) in [6.45, 7) is 5.20. The van der Waals surface area contributed by atoms with Gasteiger partial charge in [0, 0.05) is 30.0 Å². The third-order valence-electron chi connectivity index (χ3n) is 5.53. The van der Waals surface area contributed by atoms with E-state index in [1.807, 2.05) is 0 Å². The zero-order valence-electron chi connectivity index (χ0n) is 16.5. The molecule has 1 aromatic heterocycles. The second-order valence-corrected chi connectivity index (χ2v) is 9.88. The molecule has 3 rings (SSSR count). The van der Waals surface area contributed by atoms with Crippen LogP contribution in [0.15, 0.2) is 6.07 Å². The van der Waals surface area contributed by atoms with Gasteiger partial charge < -0.3 is 20.1 Å². The summed E-state index contributed by atoms with van der Waals surface area (Å²) >= 11 is 0. The zero-order valence-corrected chi connectivity index (χ0v) is 17.3. The van der Waals surface area contributed by atoms with Gasteiger partial charge in [0.2, 0.25) is 0 Å². The van der Waals surface area contributed by atoms with Crippen LogP contribution in [0.2, 0.25) is 0 Å². The molecule has 0 bridgehead atoms. The minimum absolute atomic E-state index is 0.128. The minimum Gasteiger partial charge on any atom is -0.473 e. The lowest BCUT2D eigenvalue weighted by atomic mass is 9.95. The Labute approximate surface area is 165 Å². The third-order valence-corrected chi connectivity index (χ3v) is 7.29. The minimum atomic E-state index is -2.80. The Morgan fingerprint density at radius 2 is 1.71 bits per heavy atom. The number of carbonyl (C=O) groups is 2. The zero-order chi connectivity index (χ0) is 20.9. The van der Waals surface area contributed by atoms with Crippen molar-refractivity contribution in [2.24, 2.45) is 0 Å². The molecule has 1 aliphatic heterocycles. The van der Waals surface area contributed by atoms with Crippen molar-refractivity contribution in [2.75, 3.05) is 11.5 Å². The molecule has 1 saturated heterocycles. The molecule has 0 amide bonds. The Hall–Kier alpha value is -1.87. The van der Waals surface area contributed by atoms with Crippen molar-refractivity contribution in [2.45, 2.75) is 71.0 Å². The van der Waals surface area contributed by atoms with Crippen LogP contribution in [0.3, 0.4) is 0 Å². The molecule has 1 atom stereocenters. The molecule has 2 fully saturated rings. The summed E-state index contributed by atoms with van der Waals surface area (Å²) in [4.78, 5) is 18.2. The number of aromatic nitrogens is 1. The molecule has 28 heavy (non-hydrogen) atoms. The summed E-state index contributed by atoms with van der Waals surface area (Å²) in [7, 11) is -2.80. The SMILES string of the molecule is Cc1cc(CNC2CCS(=O)(=O)C2)c(C)n1C1CCCCC1.O=C(O)C(=O)O. The lowest BCUT2D eigenvalue weighted by Crippen LogP contribution is -2.29. The Morgan fingerprint density at radius 1 is 1.11 bits per heavy atom. The van der Waals surface area contributed by atoms with E-state index in [1.165, 1.54) is 49.1 Å². The molecular weight excluding hydrogens is 384 g/mol. The predicted molar refractivity (Wildman–Crippen MR) is 105 cm³/mol. The number of nitrogens with zero attached hydrogens (tertiary/aromatic N) is 1. The average Bonchev–Trinajstić information content (AvgIpc) is 3.12. The molecule has 0 aromatic carbocycles.